The topological polar surface area (TPSA) is 144 Å². The Bertz CT molecular complexity index is 628. The Hall–Kier alpha value is -2.00. The molecule has 0 aliphatic carbocycles. The number of ether oxygens (including phenoxy) is 2. The molecule has 0 spiro atoms. The highest BCUT2D eigenvalue weighted by molar-refractivity contribution is 5.78. The number of carbonyl (C=O) groups excluding carboxylic acids is 3. The van der Waals surface area contributed by atoms with E-state index in [1.165, 1.54) is 0 Å². The van der Waals surface area contributed by atoms with Crippen LogP contribution in [0.1, 0.15) is 0 Å². The van der Waals surface area contributed by atoms with E-state index in [0.29, 0.717) is 85.3 Å². The number of nitrogens with zero attached hydrogens (tertiary/aromatic N) is 4. The van der Waals surface area contributed by atoms with Crippen molar-refractivity contribution in [3.8, 4) is 0 Å². The SMILES string of the molecule is CNCCOCCOCCNC(=O)CN1CCN(CC=O)CCN(CC=O)CCN(CC(=O)O)CC1. The minimum absolute atomic E-state index is 0.109. The predicted octanol–water partition coefficient (Wildman–Crippen LogP) is -2.94. The van der Waals surface area contributed by atoms with Gasteiger partial charge in [0.1, 0.15) is 12.6 Å². The molecule has 36 heavy (non-hydrogen) atoms. The van der Waals surface area contributed by atoms with Gasteiger partial charge in [-0.3, -0.25) is 29.2 Å². The Morgan fingerprint density at radius 2 is 1.17 bits per heavy atom. The van der Waals surface area contributed by atoms with Gasteiger partial charge in [-0.2, -0.15) is 0 Å². The second-order valence-electron chi connectivity index (χ2n) is 8.56. The molecular formula is C23H44N6O7. The maximum Gasteiger partial charge on any atom is 0.317 e. The summed E-state index contributed by atoms with van der Waals surface area (Å²) in [5.74, 6) is -1.06. The van der Waals surface area contributed by atoms with Crippen molar-refractivity contribution in [3.63, 3.8) is 0 Å². The molecule has 0 aromatic heterocycles. The molecule has 0 atom stereocenters. The van der Waals surface area contributed by atoms with E-state index in [9.17, 15) is 24.3 Å². The number of carboxylic acids is 1. The fraction of sp³-hybridized carbons (Fsp3) is 0.826. The summed E-state index contributed by atoms with van der Waals surface area (Å²) in [5.41, 5.74) is 0. The summed E-state index contributed by atoms with van der Waals surface area (Å²) >= 11 is 0. The van der Waals surface area contributed by atoms with Crippen LogP contribution in [0, 0.1) is 0 Å². The smallest absolute Gasteiger partial charge is 0.317 e. The Kier molecular flexibility index (Phi) is 18.8. The van der Waals surface area contributed by atoms with E-state index in [1.54, 1.807) is 0 Å². The van der Waals surface area contributed by atoms with E-state index in [2.05, 4.69) is 10.6 Å². The predicted molar refractivity (Wildman–Crippen MR) is 134 cm³/mol. The first-order valence-electron chi connectivity index (χ1n) is 12.5. The summed E-state index contributed by atoms with van der Waals surface area (Å²) < 4.78 is 10.8. The summed E-state index contributed by atoms with van der Waals surface area (Å²) in [5, 5.41) is 15.1. The third-order valence-electron chi connectivity index (χ3n) is 5.76. The molecular weight excluding hydrogens is 472 g/mol. The van der Waals surface area contributed by atoms with Gasteiger partial charge in [0.25, 0.3) is 0 Å². The number of hydrogen-bond donors (Lipinski definition) is 3. The fourth-order valence-electron chi connectivity index (χ4n) is 3.68. The normalized spacial score (nSPS) is 17.7. The van der Waals surface area contributed by atoms with Gasteiger partial charge in [0, 0.05) is 65.4 Å². The molecule has 0 radical (unpaired) electrons. The highest BCUT2D eigenvalue weighted by Crippen LogP contribution is 2.00. The Labute approximate surface area is 214 Å². The average Bonchev–Trinajstić information content (AvgIpc) is 2.84. The summed E-state index contributed by atoms with van der Waals surface area (Å²) in [4.78, 5) is 53.8. The number of aliphatic carboxylic acids is 1. The third kappa shape index (κ3) is 16.6. The molecule has 0 saturated carbocycles. The molecule has 1 amide bonds. The molecule has 3 N–H and O–H groups in total. The number of nitrogens with one attached hydrogen (secondary N) is 2. The number of hydrogen-bond acceptors (Lipinski definition) is 11. The van der Waals surface area contributed by atoms with Crippen LogP contribution in [0.2, 0.25) is 0 Å². The van der Waals surface area contributed by atoms with Crippen LogP contribution >= 0.6 is 0 Å². The van der Waals surface area contributed by atoms with Crippen molar-refractivity contribution in [1.29, 1.82) is 0 Å². The zero-order valence-electron chi connectivity index (χ0n) is 21.6. The van der Waals surface area contributed by atoms with Crippen LogP contribution in [0.4, 0.5) is 0 Å². The van der Waals surface area contributed by atoms with E-state index >= 15 is 0 Å². The molecule has 13 nitrogen and oxygen atoms in total. The van der Waals surface area contributed by atoms with Gasteiger partial charge in [-0.25, -0.2) is 0 Å². The fourth-order valence-corrected chi connectivity index (χ4v) is 3.68. The largest absolute Gasteiger partial charge is 0.480 e. The van der Waals surface area contributed by atoms with Gasteiger partial charge in [-0.15, -0.1) is 0 Å². The molecule has 1 heterocycles. The van der Waals surface area contributed by atoms with E-state index in [-0.39, 0.29) is 32.1 Å². The molecule has 0 aromatic rings. The van der Waals surface area contributed by atoms with Crippen LogP contribution in [0.15, 0.2) is 0 Å². The van der Waals surface area contributed by atoms with Crippen LogP contribution in [0.3, 0.4) is 0 Å². The van der Waals surface area contributed by atoms with Gasteiger partial charge in [0.15, 0.2) is 0 Å². The molecule has 1 saturated heterocycles. The van der Waals surface area contributed by atoms with Crippen molar-refractivity contribution in [2.24, 2.45) is 0 Å². The number of rotatable bonds is 17. The Balaban J connectivity index is 2.57. The van der Waals surface area contributed by atoms with E-state index < -0.39 is 5.97 Å². The molecule has 208 valence electrons. The van der Waals surface area contributed by atoms with Crippen molar-refractivity contribution >= 4 is 24.4 Å². The standard InChI is InChI=1S/C23H44N6O7/c1-24-2-16-35-18-19-36-17-3-25-22(32)20-28-8-6-26(12-14-30)4-5-27(13-15-31)7-9-29(11-10-28)21-23(33)34/h14-15,24H,2-13,16-21H2,1H3,(H,25,32)(H,33,34). The lowest BCUT2D eigenvalue weighted by atomic mass is 10.3. The number of amides is 1. The number of carboxylic acid groups (broad SMARTS) is 1. The van der Waals surface area contributed by atoms with Crippen molar-refractivity contribution in [2.75, 3.05) is 125 Å². The number of carbonyl (C=O) groups is 4. The van der Waals surface area contributed by atoms with Gasteiger partial charge >= 0.3 is 5.97 Å². The molecule has 1 aliphatic rings. The average molecular weight is 517 g/mol. The zero-order valence-corrected chi connectivity index (χ0v) is 21.6. The quantitative estimate of drug-likeness (QED) is 0.134. The van der Waals surface area contributed by atoms with Gasteiger partial charge in [0.2, 0.25) is 5.91 Å². The Morgan fingerprint density at radius 1 is 0.722 bits per heavy atom. The van der Waals surface area contributed by atoms with Crippen LogP contribution in [-0.2, 0) is 28.7 Å². The molecule has 0 aromatic carbocycles. The highest BCUT2D eigenvalue weighted by atomic mass is 16.5. The van der Waals surface area contributed by atoms with Crippen molar-refractivity contribution in [2.45, 2.75) is 0 Å². The molecule has 0 unspecified atom stereocenters. The van der Waals surface area contributed by atoms with Crippen molar-refractivity contribution < 1.29 is 33.8 Å². The van der Waals surface area contributed by atoms with E-state index in [4.69, 9.17) is 9.47 Å². The van der Waals surface area contributed by atoms with Crippen LogP contribution < -0.4 is 10.6 Å². The lowest BCUT2D eigenvalue weighted by Gasteiger charge is -2.32. The van der Waals surface area contributed by atoms with Gasteiger partial charge in [-0.05, 0) is 7.05 Å². The summed E-state index contributed by atoms with van der Waals surface area (Å²) in [6.45, 7) is 8.06. The van der Waals surface area contributed by atoms with Gasteiger partial charge in [0.05, 0.1) is 52.6 Å². The number of likely N-dealkylation sites (N-methyl/N-ethyl adjacent to an activating group) is 1. The second-order valence-corrected chi connectivity index (χ2v) is 8.56. The lowest BCUT2D eigenvalue weighted by Crippen LogP contribution is -2.49. The molecule has 13 heteroatoms. The van der Waals surface area contributed by atoms with Crippen LogP contribution in [0.25, 0.3) is 0 Å². The molecule has 0 bridgehead atoms. The van der Waals surface area contributed by atoms with Crippen molar-refractivity contribution in [1.82, 2.24) is 30.2 Å². The second kappa shape index (κ2) is 21.1. The molecule has 1 rings (SSSR count). The minimum Gasteiger partial charge on any atom is -0.480 e. The third-order valence-corrected chi connectivity index (χ3v) is 5.76. The van der Waals surface area contributed by atoms with Crippen molar-refractivity contribution in [3.05, 3.63) is 0 Å². The van der Waals surface area contributed by atoms with E-state index in [0.717, 1.165) is 19.1 Å². The van der Waals surface area contributed by atoms with Gasteiger partial charge < -0.3 is 34.8 Å². The summed E-state index contributed by atoms with van der Waals surface area (Å²) in [6.07, 6.45) is 1.69. The maximum atomic E-state index is 12.5. The summed E-state index contributed by atoms with van der Waals surface area (Å²) in [6, 6.07) is 0. The first-order chi connectivity index (χ1) is 17.5. The first-order valence-corrected chi connectivity index (χ1v) is 12.5. The monoisotopic (exact) mass is 516 g/mol. The number of aldehydes is 2. The zero-order chi connectivity index (χ0) is 26.4. The first kappa shape index (κ1) is 32.0. The van der Waals surface area contributed by atoms with Crippen LogP contribution in [-0.4, -0.2) is 174 Å². The molecule has 1 aliphatic heterocycles. The Morgan fingerprint density at radius 3 is 1.61 bits per heavy atom. The maximum absolute atomic E-state index is 12.5. The van der Waals surface area contributed by atoms with Gasteiger partial charge in [-0.1, -0.05) is 0 Å². The minimum atomic E-state index is -0.919. The van der Waals surface area contributed by atoms with E-state index in [1.807, 2.05) is 26.6 Å². The summed E-state index contributed by atoms with van der Waals surface area (Å²) in [7, 11) is 1.86. The van der Waals surface area contributed by atoms with Crippen LogP contribution in [0.5, 0.6) is 0 Å². The highest BCUT2D eigenvalue weighted by Gasteiger charge is 2.19. The molecule has 1 fully saturated rings. The lowest BCUT2D eigenvalue weighted by molar-refractivity contribution is -0.138.